The van der Waals surface area contributed by atoms with E-state index in [4.69, 9.17) is 39.5 Å². The van der Waals surface area contributed by atoms with Gasteiger partial charge in [-0.05, 0) is 48.4 Å². The number of fused-ring (bicyclic) bond motifs is 2. The molecule has 2 unspecified atom stereocenters. The van der Waals surface area contributed by atoms with Crippen LogP contribution in [0.2, 0.25) is 0 Å². The van der Waals surface area contributed by atoms with Gasteiger partial charge in [0.15, 0.2) is 3.79 Å². The zero-order valence-corrected chi connectivity index (χ0v) is 18.3. The third kappa shape index (κ3) is 4.68. The van der Waals surface area contributed by atoms with Gasteiger partial charge in [0, 0.05) is 31.3 Å². The Morgan fingerprint density at radius 3 is 2.74 bits per heavy atom. The van der Waals surface area contributed by atoms with Crippen LogP contribution >= 0.6 is 34.8 Å². The minimum atomic E-state index is -1.38. The second-order valence-corrected chi connectivity index (χ2v) is 10.5. The average Bonchev–Trinajstić information content (AvgIpc) is 2.79. The molecule has 1 fully saturated rings. The molecule has 1 aliphatic carbocycles. The molecule has 1 spiro atoms. The van der Waals surface area contributed by atoms with E-state index in [1.165, 1.54) is 36.8 Å². The Hall–Kier alpha value is -0.640. The monoisotopic (exact) mass is 431 g/mol. The van der Waals surface area contributed by atoms with Crippen molar-refractivity contribution >= 4 is 40.7 Å². The number of hydrogen-bond donors (Lipinski definition) is 0. The summed E-state index contributed by atoms with van der Waals surface area (Å²) in [6, 6.07) is 6.32. The number of alkyl halides is 3. The lowest BCUT2D eigenvalue weighted by Gasteiger charge is -2.43. The fraction of sp³-hybridized carbons (Fsp3) is 0.667. The summed E-state index contributed by atoms with van der Waals surface area (Å²) >= 11 is 17.5. The lowest BCUT2D eigenvalue weighted by molar-refractivity contribution is -0.132. The van der Waals surface area contributed by atoms with Gasteiger partial charge < -0.3 is 9.64 Å². The van der Waals surface area contributed by atoms with Crippen LogP contribution in [0, 0.1) is 5.92 Å². The number of rotatable bonds is 3. The minimum absolute atomic E-state index is 0.0589. The molecule has 0 bridgehead atoms. The molecule has 1 amide bonds. The van der Waals surface area contributed by atoms with E-state index >= 15 is 0 Å². The SMILES string of the molecule is COc1ccc2c(c1)C1(CCCCC1C)CCN(C(=O)CCC(Cl)(Cl)Cl)C2. The van der Waals surface area contributed by atoms with E-state index in [9.17, 15) is 4.79 Å². The molecule has 150 valence electrons. The summed E-state index contributed by atoms with van der Waals surface area (Å²) in [6.45, 7) is 3.73. The summed E-state index contributed by atoms with van der Waals surface area (Å²) in [5.74, 6) is 1.54. The molecule has 27 heavy (non-hydrogen) atoms. The van der Waals surface area contributed by atoms with Crippen molar-refractivity contribution in [1.29, 1.82) is 0 Å². The summed E-state index contributed by atoms with van der Waals surface area (Å²) in [4.78, 5) is 14.8. The Balaban J connectivity index is 1.91. The fourth-order valence-corrected chi connectivity index (χ4v) is 5.13. The number of amides is 1. The molecule has 2 aliphatic rings. The van der Waals surface area contributed by atoms with Crippen molar-refractivity contribution < 1.29 is 9.53 Å². The molecule has 0 aromatic heterocycles. The standard InChI is InChI=1S/C21H28Cl3NO2/c1-15-5-3-4-9-20(15)11-12-25(19(26)8-10-21(22,23)24)14-16-6-7-17(27-2)13-18(16)20/h6-7,13,15H,3-5,8-12,14H2,1-2H3. The van der Waals surface area contributed by atoms with E-state index in [0.717, 1.165) is 18.7 Å². The van der Waals surface area contributed by atoms with Crippen molar-refractivity contribution in [2.45, 2.75) is 67.6 Å². The highest BCUT2D eigenvalue weighted by molar-refractivity contribution is 6.67. The summed E-state index contributed by atoms with van der Waals surface area (Å²) in [6.07, 6.45) is 6.40. The normalized spacial score (nSPS) is 25.8. The fourth-order valence-electron chi connectivity index (χ4n) is 4.84. The number of halogens is 3. The van der Waals surface area contributed by atoms with Crippen LogP contribution in [-0.4, -0.2) is 28.3 Å². The van der Waals surface area contributed by atoms with Gasteiger partial charge in [-0.25, -0.2) is 0 Å². The third-order valence-electron chi connectivity index (χ3n) is 6.47. The summed E-state index contributed by atoms with van der Waals surface area (Å²) in [5.41, 5.74) is 2.71. The molecule has 1 aliphatic heterocycles. The van der Waals surface area contributed by atoms with Crippen molar-refractivity contribution in [3.05, 3.63) is 29.3 Å². The van der Waals surface area contributed by atoms with Gasteiger partial charge in [-0.15, -0.1) is 0 Å². The quantitative estimate of drug-likeness (QED) is 0.546. The van der Waals surface area contributed by atoms with Crippen LogP contribution in [-0.2, 0) is 16.8 Å². The zero-order valence-electron chi connectivity index (χ0n) is 16.1. The Labute approximate surface area is 177 Å². The Kier molecular flexibility index (Phi) is 6.55. The molecule has 1 aromatic rings. The summed E-state index contributed by atoms with van der Waals surface area (Å²) in [7, 11) is 1.71. The number of benzene rings is 1. The van der Waals surface area contributed by atoms with Crippen molar-refractivity contribution in [2.24, 2.45) is 5.92 Å². The average molecular weight is 433 g/mol. The Morgan fingerprint density at radius 1 is 1.30 bits per heavy atom. The molecule has 1 aromatic carbocycles. The van der Waals surface area contributed by atoms with Gasteiger partial charge in [0.25, 0.3) is 0 Å². The van der Waals surface area contributed by atoms with E-state index in [0.29, 0.717) is 12.5 Å². The number of ether oxygens (including phenoxy) is 1. The van der Waals surface area contributed by atoms with Gasteiger partial charge in [0.05, 0.1) is 7.11 Å². The van der Waals surface area contributed by atoms with Crippen molar-refractivity contribution in [3.63, 3.8) is 0 Å². The van der Waals surface area contributed by atoms with Crippen LogP contribution in [0.4, 0.5) is 0 Å². The number of methoxy groups -OCH3 is 1. The van der Waals surface area contributed by atoms with Crippen molar-refractivity contribution in [2.75, 3.05) is 13.7 Å². The second kappa shape index (κ2) is 8.39. The van der Waals surface area contributed by atoms with Crippen LogP contribution in [0.15, 0.2) is 18.2 Å². The van der Waals surface area contributed by atoms with Gasteiger partial charge in [-0.1, -0.05) is 60.6 Å². The van der Waals surface area contributed by atoms with Gasteiger partial charge in [-0.2, -0.15) is 0 Å². The third-order valence-corrected chi connectivity index (χ3v) is 7.04. The van der Waals surface area contributed by atoms with E-state index in [-0.39, 0.29) is 24.2 Å². The van der Waals surface area contributed by atoms with E-state index in [1.54, 1.807) is 7.11 Å². The molecule has 2 atom stereocenters. The van der Waals surface area contributed by atoms with E-state index in [2.05, 4.69) is 19.1 Å². The predicted octanol–water partition coefficient (Wildman–Crippen LogP) is 6.03. The maximum atomic E-state index is 12.8. The lowest BCUT2D eigenvalue weighted by atomic mass is 9.61. The molecule has 1 heterocycles. The number of hydrogen-bond acceptors (Lipinski definition) is 2. The van der Waals surface area contributed by atoms with Gasteiger partial charge >= 0.3 is 0 Å². The predicted molar refractivity (Wildman–Crippen MR) is 112 cm³/mol. The molecule has 3 rings (SSSR count). The minimum Gasteiger partial charge on any atom is -0.497 e. The van der Waals surface area contributed by atoms with Crippen LogP contribution in [0.3, 0.4) is 0 Å². The molecule has 6 heteroatoms. The number of nitrogens with zero attached hydrogens (tertiary/aromatic N) is 1. The molecule has 1 saturated carbocycles. The van der Waals surface area contributed by atoms with Crippen LogP contribution < -0.4 is 4.74 Å². The molecule has 0 radical (unpaired) electrons. The summed E-state index contributed by atoms with van der Waals surface area (Å²) < 4.78 is 4.13. The van der Waals surface area contributed by atoms with E-state index < -0.39 is 3.79 Å². The summed E-state index contributed by atoms with van der Waals surface area (Å²) in [5, 5.41) is 0. The topological polar surface area (TPSA) is 29.5 Å². The Bertz CT molecular complexity index is 688. The van der Waals surface area contributed by atoms with Crippen LogP contribution in [0.5, 0.6) is 5.75 Å². The number of carbonyl (C=O) groups is 1. The molecule has 0 saturated heterocycles. The first kappa shape index (κ1) is 21.1. The van der Waals surface area contributed by atoms with Crippen LogP contribution in [0.25, 0.3) is 0 Å². The molecule has 0 N–H and O–H groups in total. The number of carbonyl (C=O) groups excluding carboxylic acids is 1. The molecular formula is C21H28Cl3NO2. The van der Waals surface area contributed by atoms with Crippen molar-refractivity contribution in [3.8, 4) is 5.75 Å². The first-order valence-electron chi connectivity index (χ1n) is 9.77. The maximum absolute atomic E-state index is 12.8. The largest absolute Gasteiger partial charge is 0.497 e. The molecular weight excluding hydrogens is 405 g/mol. The van der Waals surface area contributed by atoms with Gasteiger partial charge in [0.1, 0.15) is 5.75 Å². The maximum Gasteiger partial charge on any atom is 0.223 e. The lowest BCUT2D eigenvalue weighted by Crippen LogP contribution is -2.39. The highest BCUT2D eigenvalue weighted by Crippen LogP contribution is 2.49. The first-order chi connectivity index (χ1) is 12.7. The Morgan fingerprint density at radius 2 is 2.07 bits per heavy atom. The zero-order chi connectivity index (χ0) is 19.7. The highest BCUT2D eigenvalue weighted by Gasteiger charge is 2.43. The smallest absolute Gasteiger partial charge is 0.223 e. The first-order valence-corrected chi connectivity index (χ1v) is 10.9. The van der Waals surface area contributed by atoms with Crippen molar-refractivity contribution in [1.82, 2.24) is 4.90 Å². The molecule has 3 nitrogen and oxygen atoms in total. The van der Waals surface area contributed by atoms with E-state index in [1.807, 2.05) is 11.0 Å². The highest BCUT2D eigenvalue weighted by atomic mass is 35.6. The van der Waals surface area contributed by atoms with Gasteiger partial charge in [-0.3, -0.25) is 4.79 Å². The van der Waals surface area contributed by atoms with Crippen LogP contribution in [0.1, 0.15) is 63.0 Å². The van der Waals surface area contributed by atoms with Gasteiger partial charge in [0.2, 0.25) is 5.91 Å². The second-order valence-electron chi connectivity index (χ2n) is 8.01.